The van der Waals surface area contributed by atoms with E-state index in [0.29, 0.717) is 13.2 Å². The number of ether oxygens (including phenoxy) is 1. The molecule has 1 rings (SSSR count). The number of carbonyl (C=O) groups is 2. The lowest BCUT2D eigenvalue weighted by Gasteiger charge is -2.29. The van der Waals surface area contributed by atoms with E-state index in [1.54, 1.807) is 27.8 Å². The minimum atomic E-state index is -1.02. The quantitative estimate of drug-likeness (QED) is 0.652. The van der Waals surface area contributed by atoms with Gasteiger partial charge in [0.05, 0.1) is 19.1 Å². The van der Waals surface area contributed by atoms with Gasteiger partial charge >= 0.3 is 5.97 Å². The molecule has 0 aromatic rings. The van der Waals surface area contributed by atoms with E-state index in [9.17, 15) is 9.59 Å². The fourth-order valence-electron chi connectivity index (χ4n) is 2.00. The zero-order valence-electron chi connectivity index (χ0n) is 11.3. The van der Waals surface area contributed by atoms with Crippen LogP contribution in [-0.2, 0) is 14.3 Å². The average Bonchev–Trinajstić information content (AvgIpc) is 2.71. The van der Waals surface area contributed by atoms with Crippen LogP contribution in [0.15, 0.2) is 0 Å². The molecule has 18 heavy (non-hydrogen) atoms. The molecular weight excluding hydrogens is 236 g/mol. The lowest BCUT2D eigenvalue weighted by molar-refractivity contribution is -0.145. The Kier molecular flexibility index (Phi) is 4.70. The summed E-state index contributed by atoms with van der Waals surface area (Å²) in [6, 6.07) is -0.956. The number of aliphatic carboxylic acids is 1. The zero-order valence-corrected chi connectivity index (χ0v) is 11.3. The van der Waals surface area contributed by atoms with Crippen molar-refractivity contribution in [1.82, 2.24) is 10.6 Å². The largest absolute Gasteiger partial charge is 0.480 e. The van der Waals surface area contributed by atoms with E-state index in [-0.39, 0.29) is 17.9 Å². The summed E-state index contributed by atoms with van der Waals surface area (Å²) in [5.74, 6) is -1.62. The lowest BCUT2D eigenvalue weighted by atomic mass is 9.86. The Morgan fingerprint density at radius 3 is 2.39 bits per heavy atom. The molecule has 1 aliphatic heterocycles. The predicted octanol–water partition coefficient (Wildman–Crippen LogP) is -0.164. The SMILES string of the molecule is CNC1COCC1C(=O)NC(C(=O)O)C(C)(C)C. The van der Waals surface area contributed by atoms with E-state index >= 15 is 0 Å². The number of hydrogen-bond donors (Lipinski definition) is 3. The van der Waals surface area contributed by atoms with E-state index in [1.165, 1.54) is 0 Å². The van der Waals surface area contributed by atoms with Crippen molar-refractivity contribution in [3.63, 3.8) is 0 Å². The summed E-state index contributed by atoms with van der Waals surface area (Å²) < 4.78 is 5.24. The monoisotopic (exact) mass is 258 g/mol. The summed E-state index contributed by atoms with van der Waals surface area (Å²) in [5, 5.41) is 14.8. The third-order valence-electron chi connectivity index (χ3n) is 3.19. The molecule has 0 aromatic carbocycles. The van der Waals surface area contributed by atoms with Crippen LogP contribution in [0.25, 0.3) is 0 Å². The van der Waals surface area contributed by atoms with Gasteiger partial charge in [0.25, 0.3) is 0 Å². The molecule has 1 saturated heterocycles. The Morgan fingerprint density at radius 2 is 1.94 bits per heavy atom. The van der Waals surface area contributed by atoms with Crippen molar-refractivity contribution in [3.8, 4) is 0 Å². The third-order valence-corrected chi connectivity index (χ3v) is 3.19. The molecule has 1 aliphatic rings. The minimum Gasteiger partial charge on any atom is -0.480 e. The number of carbonyl (C=O) groups excluding carboxylic acids is 1. The van der Waals surface area contributed by atoms with Gasteiger partial charge in [-0.2, -0.15) is 0 Å². The number of carboxylic acid groups (broad SMARTS) is 1. The van der Waals surface area contributed by atoms with E-state index in [4.69, 9.17) is 9.84 Å². The van der Waals surface area contributed by atoms with Crippen molar-refractivity contribution in [1.29, 1.82) is 0 Å². The van der Waals surface area contributed by atoms with E-state index in [0.717, 1.165) is 0 Å². The summed E-state index contributed by atoms with van der Waals surface area (Å²) in [6.45, 7) is 6.15. The number of likely N-dealkylation sites (N-methyl/N-ethyl adjacent to an activating group) is 1. The van der Waals surface area contributed by atoms with Crippen molar-refractivity contribution in [2.24, 2.45) is 11.3 Å². The summed E-state index contributed by atoms with van der Waals surface area (Å²) in [4.78, 5) is 23.3. The van der Waals surface area contributed by atoms with Gasteiger partial charge in [0.1, 0.15) is 6.04 Å². The molecule has 104 valence electrons. The first-order chi connectivity index (χ1) is 8.27. The van der Waals surface area contributed by atoms with Gasteiger partial charge in [-0.05, 0) is 12.5 Å². The molecule has 1 heterocycles. The predicted molar refractivity (Wildman–Crippen MR) is 66.2 cm³/mol. The average molecular weight is 258 g/mol. The van der Waals surface area contributed by atoms with E-state index in [2.05, 4.69) is 10.6 Å². The fraction of sp³-hybridized carbons (Fsp3) is 0.833. The molecule has 6 nitrogen and oxygen atoms in total. The Labute approximate surface area is 107 Å². The Balaban J connectivity index is 2.70. The summed E-state index contributed by atoms with van der Waals surface area (Å²) >= 11 is 0. The minimum absolute atomic E-state index is 0.0561. The molecule has 3 unspecified atom stereocenters. The van der Waals surface area contributed by atoms with Gasteiger partial charge in [0.15, 0.2) is 0 Å². The maximum Gasteiger partial charge on any atom is 0.326 e. The van der Waals surface area contributed by atoms with Crippen LogP contribution in [-0.4, -0.2) is 49.3 Å². The molecule has 0 saturated carbocycles. The van der Waals surface area contributed by atoms with E-state index in [1.807, 2.05) is 0 Å². The Hall–Kier alpha value is -1.14. The van der Waals surface area contributed by atoms with Gasteiger partial charge < -0.3 is 20.5 Å². The van der Waals surface area contributed by atoms with Crippen LogP contribution >= 0.6 is 0 Å². The van der Waals surface area contributed by atoms with Crippen molar-refractivity contribution in [3.05, 3.63) is 0 Å². The topological polar surface area (TPSA) is 87.7 Å². The second kappa shape index (κ2) is 5.67. The normalized spacial score (nSPS) is 25.8. The van der Waals surface area contributed by atoms with Gasteiger partial charge in [-0.1, -0.05) is 20.8 Å². The van der Waals surface area contributed by atoms with Crippen LogP contribution in [0, 0.1) is 11.3 Å². The summed E-state index contributed by atoms with van der Waals surface area (Å²) in [7, 11) is 1.76. The second-order valence-electron chi connectivity index (χ2n) is 5.68. The second-order valence-corrected chi connectivity index (χ2v) is 5.68. The number of hydrogen-bond acceptors (Lipinski definition) is 4. The van der Waals surface area contributed by atoms with Crippen LogP contribution in [0.2, 0.25) is 0 Å². The van der Waals surface area contributed by atoms with Crippen molar-refractivity contribution >= 4 is 11.9 Å². The highest BCUT2D eigenvalue weighted by Crippen LogP contribution is 2.21. The molecule has 3 N–H and O–H groups in total. The molecule has 0 aromatic heterocycles. The molecule has 0 aliphatic carbocycles. The fourth-order valence-corrected chi connectivity index (χ4v) is 2.00. The van der Waals surface area contributed by atoms with Crippen LogP contribution in [0.1, 0.15) is 20.8 Å². The van der Waals surface area contributed by atoms with Crippen LogP contribution in [0.5, 0.6) is 0 Å². The number of amides is 1. The third kappa shape index (κ3) is 3.43. The van der Waals surface area contributed by atoms with Gasteiger partial charge in [-0.25, -0.2) is 4.79 Å². The molecular formula is C12H22N2O4. The summed E-state index contributed by atoms with van der Waals surface area (Å²) in [5.41, 5.74) is -0.532. The van der Waals surface area contributed by atoms with Crippen molar-refractivity contribution in [2.75, 3.05) is 20.3 Å². The highest BCUT2D eigenvalue weighted by molar-refractivity contribution is 5.86. The van der Waals surface area contributed by atoms with Crippen molar-refractivity contribution < 1.29 is 19.4 Å². The van der Waals surface area contributed by atoms with Crippen molar-refractivity contribution in [2.45, 2.75) is 32.9 Å². The molecule has 0 spiro atoms. The molecule has 0 radical (unpaired) electrons. The van der Waals surface area contributed by atoms with Gasteiger partial charge in [0, 0.05) is 6.04 Å². The lowest BCUT2D eigenvalue weighted by Crippen LogP contribution is -2.53. The van der Waals surface area contributed by atoms with Gasteiger partial charge in [0.2, 0.25) is 5.91 Å². The van der Waals surface area contributed by atoms with Gasteiger partial charge in [-0.15, -0.1) is 0 Å². The maximum atomic E-state index is 12.1. The molecule has 1 fully saturated rings. The number of rotatable bonds is 4. The first kappa shape index (κ1) is 14.9. The highest BCUT2D eigenvalue weighted by atomic mass is 16.5. The maximum absolute atomic E-state index is 12.1. The van der Waals surface area contributed by atoms with E-state index < -0.39 is 17.4 Å². The zero-order chi connectivity index (χ0) is 13.9. The van der Waals surface area contributed by atoms with Gasteiger partial charge in [-0.3, -0.25) is 4.79 Å². The Morgan fingerprint density at radius 1 is 1.33 bits per heavy atom. The first-order valence-electron chi connectivity index (χ1n) is 6.05. The smallest absolute Gasteiger partial charge is 0.326 e. The Bertz CT molecular complexity index is 325. The highest BCUT2D eigenvalue weighted by Gasteiger charge is 2.38. The molecule has 6 heteroatoms. The van der Waals surface area contributed by atoms with Crippen LogP contribution in [0.3, 0.4) is 0 Å². The molecule has 1 amide bonds. The molecule has 0 bridgehead atoms. The standard InChI is InChI=1S/C12H22N2O4/c1-12(2,3)9(11(16)17)14-10(15)7-5-18-6-8(7)13-4/h7-9,13H,5-6H2,1-4H3,(H,14,15)(H,16,17). The number of carboxylic acids is 1. The molecule has 3 atom stereocenters. The number of nitrogens with one attached hydrogen (secondary N) is 2. The van der Waals surface area contributed by atoms with Crippen LogP contribution < -0.4 is 10.6 Å². The summed E-state index contributed by atoms with van der Waals surface area (Å²) in [6.07, 6.45) is 0. The first-order valence-corrected chi connectivity index (χ1v) is 6.05. The van der Waals surface area contributed by atoms with Crippen LogP contribution in [0.4, 0.5) is 0 Å².